The fourth-order valence-electron chi connectivity index (χ4n) is 2.96. The number of nitrogens with zero attached hydrogens (tertiary/aromatic N) is 1. The van der Waals surface area contributed by atoms with Crippen molar-refractivity contribution in [3.05, 3.63) is 30.3 Å². The van der Waals surface area contributed by atoms with Crippen molar-refractivity contribution in [3.8, 4) is 0 Å². The maximum absolute atomic E-state index is 12.5. The lowest BCUT2D eigenvalue weighted by Crippen LogP contribution is -2.47. The van der Waals surface area contributed by atoms with Crippen molar-refractivity contribution in [2.45, 2.75) is 52.6 Å². The molecule has 2 N–H and O–H groups in total. The number of hydrogen-bond donors (Lipinski definition) is 2. The third-order valence-corrected chi connectivity index (χ3v) is 4.08. The van der Waals surface area contributed by atoms with Crippen molar-refractivity contribution in [3.63, 3.8) is 0 Å². The van der Waals surface area contributed by atoms with Gasteiger partial charge in [-0.3, -0.25) is 9.59 Å². The molecule has 1 aliphatic heterocycles. The summed E-state index contributed by atoms with van der Waals surface area (Å²) in [6.07, 6.45) is 1.34. The van der Waals surface area contributed by atoms with E-state index in [1.807, 2.05) is 56.0 Å². The second kappa shape index (κ2) is 7.69. The fourth-order valence-corrected chi connectivity index (χ4v) is 2.96. The van der Waals surface area contributed by atoms with Gasteiger partial charge in [-0.15, -0.1) is 0 Å². The molecule has 2 atom stereocenters. The lowest BCUT2D eigenvalue weighted by Gasteiger charge is -2.24. The minimum Gasteiger partial charge on any atom is -0.380 e. The predicted octanol–water partition coefficient (Wildman–Crippen LogP) is 2.64. The van der Waals surface area contributed by atoms with Gasteiger partial charge in [0.05, 0.1) is 0 Å². The quantitative estimate of drug-likeness (QED) is 0.872. The number of anilines is 1. The van der Waals surface area contributed by atoms with E-state index in [0.29, 0.717) is 13.0 Å². The van der Waals surface area contributed by atoms with Gasteiger partial charge in [0.1, 0.15) is 6.04 Å². The van der Waals surface area contributed by atoms with E-state index in [-0.39, 0.29) is 23.3 Å². The van der Waals surface area contributed by atoms with Gasteiger partial charge in [0.15, 0.2) is 0 Å². The Morgan fingerprint density at radius 1 is 1.25 bits per heavy atom. The normalized spacial score (nSPS) is 19.0. The third kappa shape index (κ3) is 5.55. The van der Waals surface area contributed by atoms with Gasteiger partial charge in [-0.05, 0) is 30.9 Å². The third-order valence-electron chi connectivity index (χ3n) is 4.08. The molecule has 0 aromatic heterocycles. The highest BCUT2D eigenvalue weighted by molar-refractivity contribution is 5.87. The van der Waals surface area contributed by atoms with Crippen molar-refractivity contribution in [1.82, 2.24) is 10.2 Å². The zero-order valence-electron chi connectivity index (χ0n) is 15.1. The molecule has 1 aliphatic rings. The van der Waals surface area contributed by atoms with Gasteiger partial charge in [-0.2, -0.15) is 0 Å². The summed E-state index contributed by atoms with van der Waals surface area (Å²) in [4.78, 5) is 26.4. The minimum atomic E-state index is -0.477. The van der Waals surface area contributed by atoms with Gasteiger partial charge in [-0.1, -0.05) is 39.0 Å². The molecule has 1 heterocycles. The lowest BCUT2D eigenvalue weighted by atomic mass is 9.92. The molecule has 5 nitrogen and oxygen atoms in total. The number of hydrogen-bond acceptors (Lipinski definition) is 3. The summed E-state index contributed by atoms with van der Waals surface area (Å²) in [6.45, 7) is 9.20. The van der Waals surface area contributed by atoms with Crippen molar-refractivity contribution in [2.75, 3.05) is 18.4 Å². The van der Waals surface area contributed by atoms with E-state index in [0.717, 1.165) is 18.7 Å². The molecule has 2 rings (SSSR count). The maximum atomic E-state index is 12.5. The van der Waals surface area contributed by atoms with Crippen LogP contribution in [0, 0.1) is 5.41 Å². The van der Waals surface area contributed by atoms with E-state index >= 15 is 0 Å². The predicted molar refractivity (Wildman–Crippen MR) is 96.7 cm³/mol. The summed E-state index contributed by atoms with van der Waals surface area (Å²) < 4.78 is 0. The molecule has 0 radical (unpaired) electrons. The Morgan fingerprint density at radius 2 is 1.92 bits per heavy atom. The first-order chi connectivity index (χ1) is 11.2. The summed E-state index contributed by atoms with van der Waals surface area (Å²) >= 11 is 0. The number of carbonyl (C=O) groups is 2. The van der Waals surface area contributed by atoms with Crippen LogP contribution in [-0.4, -0.2) is 41.9 Å². The first-order valence-corrected chi connectivity index (χ1v) is 8.64. The van der Waals surface area contributed by atoms with Crippen molar-refractivity contribution < 1.29 is 9.59 Å². The van der Waals surface area contributed by atoms with Crippen molar-refractivity contribution in [1.29, 1.82) is 0 Å². The Labute approximate surface area is 144 Å². The Balaban J connectivity index is 1.81. The topological polar surface area (TPSA) is 61.4 Å². The van der Waals surface area contributed by atoms with E-state index < -0.39 is 6.04 Å². The van der Waals surface area contributed by atoms with Crippen LogP contribution in [0.2, 0.25) is 0 Å². The number of likely N-dealkylation sites (tertiary alicyclic amines) is 1. The number of carbonyl (C=O) groups excluding carboxylic acids is 2. The lowest BCUT2D eigenvalue weighted by molar-refractivity contribution is -0.135. The van der Waals surface area contributed by atoms with Crippen LogP contribution < -0.4 is 10.6 Å². The smallest absolute Gasteiger partial charge is 0.244 e. The molecule has 24 heavy (non-hydrogen) atoms. The van der Waals surface area contributed by atoms with Gasteiger partial charge < -0.3 is 15.5 Å². The molecule has 2 amide bonds. The van der Waals surface area contributed by atoms with Gasteiger partial charge in [-0.25, -0.2) is 0 Å². The molecule has 0 bridgehead atoms. The monoisotopic (exact) mass is 331 g/mol. The first kappa shape index (κ1) is 18.3. The highest BCUT2D eigenvalue weighted by Crippen LogP contribution is 2.19. The van der Waals surface area contributed by atoms with Gasteiger partial charge in [0, 0.05) is 31.2 Å². The highest BCUT2D eigenvalue weighted by atomic mass is 16.2. The Kier molecular flexibility index (Phi) is 5.86. The maximum Gasteiger partial charge on any atom is 0.244 e. The molecular weight excluding hydrogens is 302 g/mol. The number of nitrogens with one attached hydrogen (secondary N) is 2. The summed E-state index contributed by atoms with van der Waals surface area (Å²) in [5, 5.41) is 6.28. The average Bonchev–Trinajstić information content (AvgIpc) is 2.93. The van der Waals surface area contributed by atoms with Gasteiger partial charge in [0.2, 0.25) is 11.8 Å². The highest BCUT2D eigenvalue weighted by Gasteiger charge is 2.30. The zero-order chi connectivity index (χ0) is 17.7. The standard InChI is InChI=1S/C19H29N3O2/c1-14(20-17(23)12-19(2,3)4)18(24)22-11-10-16(13-22)21-15-8-6-5-7-9-15/h5-9,14,16,21H,10-13H2,1-4H3,(H,20,23). The molecule has 5 heteroatoms. The molecule has 0 saturated carbocycles. The molecular formula is C19H29N3O2. The molecule has 1 aromatic carbocycles. The van der Waals surface area contributed by atoms with Crippen LogP contribution >= 0.6 is 0 Å². The summed E-state index contributed by atoms with van der Waals surface area (Å²) in [6, 6.07) is 9.81. The number of para-hydroxylation sites is 1. The second-order valence-electron chi connectivity index (χ2n) is 7.81. The van der Waals surface area contributed by atoms with Crippen molar-refractivity contribution >= 4 is 17.5 Å². The van der Waals surface area contributed by atoms with Gasteiger partial charge >= 0.3 is 0 Å². The molecule has 132 valence electrons. The Bertz CT molecular complexity index is 566. The zero-order valence-corrected chi connectivity index (χ0v) is 15.1. The largest absolute Gasteiger partial charge is 0.380 e. The van der Waals surface area contributed by atoms with E-state index in [4.69, 9.17) is 0 Å². The van der Waals surface area contributed by atoms with Crippen LogP contribution in [0.4, 0.5) is 5.69 Å². The SMILES string of the molecule is CC(NC(=O)CC(C)(C)C)C(=O)N1CCC(Nc2ccccc2)C1. The van der Waals surface area contributed by atoms with Crippen LogP contribution in [0.1, 0.15) is 40.5 Å². The van der Waals surface area contributed by atoms with E-state index in [2.05, 4.69) is 10.6 Å². The fraction of sp³-hybridized carbons (Fsp3) is 0.579. The average molecular weight is 331 g/mol. The van der Waals surface area contributed by atoms with E-state index in [9.17, 15) is 9.59 Å². The minimum absolute atomic E-state index is 0.00498. The molecule has 2 unspecified atom stereocenters. The number of rotatable bonds is 5. The second-order valence-corrected chi connectivity index (χ2v) is 7.81. The van der Waals surface area contributed by atoms with Gasteiger partial charge in [0.25, 0.3) is 0 Å². The van der Waals surface area contributed by atoms with Crippen LogP contribution in [0.25, 0.3) is 0 Å². The molecule has 0 spiro atoms. The number of benzene rings is 1. The molecule has 1 fully saturated rings. The summed E-state index contributed by atoms with van der Waals surface area (Å²) in [5.41, 5.74) is 0.994. The Hall–Kier alpha value is -2.04. The summed E-state index contributed by atoms with van der Waals surface area (Å²) in [7, 11) is 0. The van der Waals surface area contributed by atoms with Crippen molar-refractivity contribution in [2.24, 2.45) is 5.41 Å². The van der Waals surface area contributed by atoms with Crippen LogP contribution in [0.5, 0.6) is 0 Å². The summed E-state index contributed by atoms with van der Waals surface area (Å²) in [5.74, 6) is -0.0730. The van der Waals surface area contributed by atoms with E-state index in [1.54, 1.807) is 6.92 Å². The van der Waals surface area contributed by atoms with Crippen LogP contribution in [-0.2, 0) is 9.59 Å². The van der Waals surface area contributed by atoms with E-state index in [1.165, 1.54) is 0 Å². The molecule has 1 aromatic rings. The number of amides is 2. The van der Waals surface area contributed by atoms with Crippen LogP contribution in [0.15, 0.2) is 30.3 Å². The van der Waals surface area contributed by atoms with Crippen LogP contribution in [0.3, 0.4) is 0 Å². The molecule has 1 saturated heterocycles. The Morgan fingerprint density at radius 3 is 2.54 bits per heavy atom. The first-order valence-electron chi connectivity index (χ1n) is 8.64. The molecule has 0 aliphatic carbocycles.